The molecule has 1 aromatic rings. The lowest BCUT2D eigenvalue weighted by Crippen LogP contribution is -2.27. The molecule has 0 fully saturated rings. The Kier molecular flexibility index (Phi) is 6.46. The van der Waals surface area contributed by atoms with E-state index in [0.29, 0.717) is 35.8 Å². The lowest BCUT2D eigenvalue weighted by Gasteiger charge is -2.23. The second-order valence-corrected chi connectivity index (χ2v) is 5.95. The minimum Gasteiger partial charge on any atom is -0.494 e. The van der Waals surface area contributed by atoms with Crippen LogP contribution in [0.4, 0.5) is 0 Å². The topological polar surface area (TPSA) is 55.8 Å². The number of halogens is 1. The molecule has 0 amide bonds. The van der Waals surface area contributed by atoms with Crippen molar-refractivity contribution >= 4 is 17.9 Å². The Morgan fingerprint density at radius 1 is 1.35 bits per heavy atom. The van der Waals surface area contributed by atoms with E-state index >= 15 is 0 Å². The van der Waals surface area contributed by atoms with E-state index in [-0.39, 0.29) is 5.60 Å². The zero-order valence-electron chi connectivity index (χ0n) is 12.1. The van der Waals surface area contributed by atoms with Gasteiger partial charge in [-0.3, -0.25) is 4.79 Å². The van der Waals surface area contributed by atoms with Gasteiger partial charge in [0.25, 0.3) is 0 Å². The SMILES string of the molecule is CC(C)(C)OC(O)CCCOc1cc(Cl)cc(C=O)c1. The first-order valence-corrected chi connectivity index (χ1v) is 6.92. The van der Waals surface area contributed by atoms with E-state index in [1.807, 2.05) is 20.8 Å². The van der Waals surface area contributed by atoms with Crippen molar-refractivity contribution in [2.24, 2.45) is 0 Å². The molecule has 0 radical (unpaired) electrons. The highest BCUT2D eigenvalue weighted by Gasteiger charge is 2.16. The molecule has 1 unspecified atom stereocenters. The summed E-state index contributed by atoms with van der Waals surface area (Å²) in [6, 6.07) is 4.85. The van der Waals surface area contributed by atoms with Gasteiger partial charge in [0.15, 0.2) is 6.29 Å². The number of aliphatic hydroxyl groups excluding tert-OH is 1. The van der Waals surface area contributed by atoms with Crippen LogP contribution in [0.25, 0.3) is 0 Å². The molecule has 1 N–H and O–H groups in total. The summed E-state index contributed by atoms with van der Waals surface area (Å²) in [6.07, 6.45) is 1.04. The minimum absolute atomic E-state index is 0.369. The molecule has 0 bridgehead atoms. The number of aldehydes is 1. The Morgan fingerprint density at radius 3 is 2.65 bits per heavy atom. The second-order valence-electron chi connectivity index (χ2n) is 5.51. The van der Waals surface area contributed by atoms with Crippen LogP contribution in [-0.4, -0.2) is 29.9 Å². The quantitative estimate of drug-likeness (QED) is 0.476. The normalized spacial score (nSPS) is 13.1. The van der Waals surface area contributed by atoms with Crippen molar-refractivity contribution in [3.05, 3.63) is 28.8 Å². The van der Waals surface area contributed by atoms with Crippen LogP contribution in [0.1, 0.15) is 44.0 Å². The average Bonchev–Trinajstić information content (AvgIpc) is 2.32. The van der Waals surface area contributed by atoms with E-state index in [1.165, 1.54) is 0 Å². The number of aliphatic hydroxyl groups is 1. The molecule has 0 saturated carbocycles. The third-order valence-corrected chi connectivity index (χ3v) is 2.60. The van der Waals surface area contributed by atoms with Crippen molar-refractivity contribution in [3.63, 3.8) is 0 Å². The summed E-state index contributed by atoms with van der Waals surface area (Å²) in [5.41, 5.74) is 0.107. The average molecular weight is 301 g/mol. The number of benzene rings is 1. The molecule has 1 rings (SSSR count). The van der Waals surface area contributed by atoms with Crippen LogP contribution in [0.3, 0.4) is 0 Å². The van der Waals surface area contributed by atoms with Crippen LogP contribution in [0.5, 0.6) is 5.75 Å². The van der Waals surface area contributed by atoms with Crippen molar-refractivity contribution in [2.45, 2.75) is 45.5 Å². The van der Waals surface area contributed by atoms with E-state index in [1.54, 1.807) is 18.2 Å². The molecule has 1 atom stereocenters. The molecule has 0 heterocycles. The fraction of sp³-hybridized carbons (Fsp3) is 0.533. The lowest BCUT2D eigenvalue weighted by atomic mass is 10.2. The molecule has 4 nitrogen and oxygen atoms in total. The first-order chi connectivity index (χ1) is 9.30. The van der Waals surface area contributed by atoms with Crippen LogP contribution < -0.4 is 4.74 Å². The van der Waals surface area contributed by atoms with Gasteiger partial charge in [-0.1, -0.05) is 11.6 Å². The summed E-state index contributed by atoms with van der Waals surface area (Å²) in [5, 5.41) is 10.1. The van der Waals surface area contributed by atoms with Gasteiger partial charge in [-0.2, -0.15) is 0 Å². The summed E-state index contributed by atoms with van der Waals surface area (Å²) < 4.78 is 10.9. The third-order valence-electron chi connectivity index (χ3n) is 2.38. The lowest BCUT2D eigenvalue weighted by molar-refractivity contribution is -0.169. The van der Waals surface area contributed by atoms with Gasteiger partial charge in [-0.05, 0) is 45.4 Å². The Bertz CT molecular complexity index is 440. The standard InChI is InChI=1S/C15H21ClO4/c1-15(2,3)20-14(18)5-4-6-19-13-8-11(10-17)7-12(16)9-13/h7-10,14,18H,4-6H2,1-3H3. The smallest absolute Gasteiger partial charge is 0.155 e. The highest BCUT2D eigenvalue weighted by molar-refractivity contribution is 6.31. The van der Waals surface area contributed by atoms with Gasteiger partial charge in [-0.15, -0.1) is 0 Å². The number of carbonyl (C=O) groups excluding carboxylic acids is 1. The molecule has 0 spiro atoms. The highest BCUT2D eigenvalue weighted by Crippen LogP contribution is 2.20. The van der Waals surface area contributed by atoms with Gasteiger partial charge in [0, 0.05) is 17.0 Å². The van der Waals surface area contributed by atoms with Crippen LogP contribution in [-0.2, 0) is 4.74 Å². The molecule has 112 valence electrons. The van der Waals surface area contributed by atoms with E-state index in [0.717, 1.165) is 6.29 Å². The minimum atomic E-state index is -0.802. The van der Waals surface area contributed by atoms with E-state index < -0.39 is 6.29 Å². The Balaban J connectivity index is 2.34. The molecule has 0 saturated heterocycles. The fourth-order valence-corrected chi connectivity index (χ4v) is 1.88. The summed E-state index contributed by atoms with van der Waals surface area (Å²) >= 11 is 5.87. The Labute approximate surface area is 124 Å². The van der Waals surface area contributed by atoms with Crippen molar-refractivity contribution < 1.29 is 19.4 Å². The van der Waals surface area contributed by atoms with Crippen molar-refractivity contribution in [1.82, 2.24) is 0 Å². The molecular weight excluding hydrogens is 280 g/mol. The van der Waals surface area contributed by atoms with E-state index in [4.69, 9.17) is 21.1 Å². The zero-order chi connectivity index (χ0) is 15.2. The molecule has 1 aromatic carbocycles. The summed E-state index contributed by atoms with van der Waals surface area (Å²) in [5.74, 6) is 0.547. The first-order valence-electron chi connectivity index (χ1n) is 6.54. The predicted octanol–water partition coefficient (Wildman–Crippen LogP) is 3.45. The van der Waals surface area contributed by atoms with Crippen molar-refractivity contribution in [3.8, 4) is 5.75 Å². The van der Waals surface area contributed by atoms with E-state index in [9.17, 15) is 9.90 Å². The number of hydrogen-bond acceptors (Lipinski definition) is 4. The fourth-order valence-electron chi connectivity index (χ4n) is 1.65. The summed E-state index contributed by atoms with van der Waals surface area (Å²) in [7, 11) is 0. The Morgan fingerprint density at radius 2 is 2.05 bits per heavy atom. The van der Waals surface area contributed by atoms with E-state index in [2.05, 4.69) is 0 Å². The monoisotopic (exact) mass is 300 g/mol. The van der Waals surface area contributed by atoms with Gasteiger partial charge in [0.05, 0.1) is 12.2 Å². The van der Waals surface area contributed by atoms with Gasteiger partial charge in [0.1, 0.15) is 12.0 Å². The predicted molar refractivity (Wildman–Crippen MR) is 78.4 cm³/mol. The van der Waals surface area contributed by atoms with Gasteiger partial charge >= 0.3 is 0 Å². The summed E-state index contributed by atoms with van der Waals surface area (Å²) in [6.45, 7) is 6.09. The van der Waals surface area contributed by atoms with Crippen LogP contribution >= 0.6 is 11.6 Å². The van der Waals surface area contributed by atoms with Crippen LogP contribution in [0, 0.1) is 0 Å². The largest absolute Gasteiger partial charge is 0.494 e. The van der Waals surface area contributed by atoms with Gasteiger partial charge < -0.3 is 14.6 Å². The molecule has 0 aliphatic rings. The zero-order valence-corrected chi connectivity index (χ0v) is 12.8. The first kappa shape index (κ1) is 17.0. The number of ether oxygens (including phenoxy) is 2. The van der Waals surface area contributed by atoms with Crippen LogP contribution in [0.15, 0.2) is 18.2 Å². The molecular formula is C15H21ClO4. The van der Waals surface area contributed by atoms with Crippen molar-refractivity contribution in [2.75, 3.05) is 6.61 Å². The molecule has 0 aliphatic carbocycles. The van der Waals surface area contributed by atoms with Gasteiger partial charge in [-0.25, -0.2) is 0 Å². The maximum Gasteiger partial charge on any atom is 0.155 e. The molecule has 5 heteroatoms. The van der Waals surface area contributed by atoms with Crippen LogP contribution in [0.2, 0.25) is 5.02 Å². The maximum atomic E-state index is 10.7. The third kappa shape index (κ3) is 6.89. The molecule has 0 aromatic heterocycles. The molecule has 0 aliphatic heterocycles. The second kappa shape index (κ2) is 7.62. The maximum absolute atomic E-state index is 10.7. The highest BCUT2D eigenvalue weighted by atomic mass is 35.5. The number of rotatable bonds is 7. The summed E-state index contributed by atoms with van der Waals surface area (Å²) in [4.78, 5) is 10.7. The van der Waals surface area contributed by atoms with Gasteiger partial charge in [0.2, 0.25) is 0 Å². The number of carbonyl (C=O) groups is 1. The molecule has 20 heavy (non-hydrogen) atoms. The number of hydrogen-bond donors (Lipinski definition) is 1. The van der Waals surface area contributed by atoms with Crippen molar-refractivity contribution in [1.29, 1.82) is 0 Å². The Hall–Kier alpha value is -1.10.